The third-order valence-electron chi connectivity index (χ3n) is 2.91. The van der Waals surface area contributed by atoms with E-state index in [0.29, 0.717) is 11.0 Å². The predicted octanol–water partition coefficient (Wildman–Crippen LogP) is 3.03. The zero-order valence-electron chi connectivity index (χ0n) is 9.65. The van der Waals surface area contributed by atoms with Crippen molar-refractivity contribution < 1.29 is 0 Å². The molecule has 5 heteroatoms. The fourth-order valence-electron chi connectivity index (χ4n) is 1.98. The summed E-state index contributed by atoms with van der Waals surface area (Å²) < 4.78 is 1.07. The summed E-state index contributed by atoms with van der Waals surface area (Å²) in [5.41, 5.74) is 7.78. The van der Waals surface area contributed by atoms with Gasteiger partial charge in [-0.05, 0) is 41.1 Å². The van der Waals surface area contributed by atoms with Crippen molar-refractivity contribution in [2.24, 2.45) is 5.73 Å². The Hall–Kier alpha value is -0.260. The van der Waals surface area contributed by atoms with E-state index in [1.165, 1.54) is 17.2 Å². The molecule has 92 valence electrons. The van der Waals surface area contributed by atoms with Crippen molar-refractivity contribution in [3.63, 3.8) is 0 Å². The molecule has 1 saturated heterocycles. The lowest BCUT2D eigenvalue weighted by Gasteiger charge is -2.35. The van der Waals surface area contributed by atoms with Gasteiger partial charge in [-0.1, -0.05) is 12.2 Å². The first-order valence-electron chi connectivity index (χ1n) is 5.53. The Morgan fingerprint density at radius 1 is 1.59 bits per heavy atom. The molecule has 0 spiro atoms. The molecule has 1 aromatic rings. The first kappa shape index (κ1) is 13.2. The normalized spacial score (nSPS) is 20.4. The number of nitrogens with zero attached hydrogens (tertiary/aromatic N) is 1. The highest BCUT2D eigenvalue weighted by molar-refractivity contribution is 9.10. The van der Waals surface area contributed by atoms with Crippen molar-refractivity contribution in [1.29, 1.82) is 0 Å². The Bertz CT molecular complexity index is 437. The third-order valence-corrected chi connectivity index (χ3v) is 4.97. The second kappa shape index (κ2) is 5.59. The minimum atomic E-state index is 0.444. The van der Waals surface area contributed by atoms with Gasteiger partial charge in [-0.15, -0.1) is 0 Å². The van der Waals surface area contributed by atoms with E-state index < -0.39 is 0 Å². The van der Waals surface area contributed by atoms with E-state index in [4.69, 9.17) is 18.0 Å². The van der Waals surface area contributed by atoms with E-state index in [0.717, 1.165) is 16.6 Å². The molecular weight excluding hydrogens is 316 g/mol. The van der Waals surface area contributed by atoms with Crippen molar-refractivity contribution in [1.82, 2.24) is 0 Å². The minimum Gasteiger partial charge on any atom is -0.389 e. The SMILES string of the molecule is CC1CSCCN1c1ccc(C(N)=S)cc1Br. The quantitative estimate of drug-likeness (QED) is 0.844. The van der Waals surface area contributed by atoms with Gasteiger partial charge in [0.1, 0.15) is 4.99 Å². The number of anilines is 1. The number of hydrogen-bond donors (Lipinski definition) is 1. The maximum Gasteiger partial charge on any atom is 0.104 e. The molecule has 1 unspecified atom stereocenters. The van der Waals surface area contributed by atoms with Gasteiger partial charge < -0.3 is 10.6 Å². The second-order valence-corrected chi connectivity index (χ2v) is 6.59. The first-order valence-corrected chi connectivity index (χ1v) is 7.89. The van der Waals surface area contributed by atoms with Gasteiger partial charge in [0.25, 0.3) is 0 Å². The molecule has 0 bridgehead atoms. The van der Waals surface area contributed by atoms with E-state index in [-0.39, 0.29) is 0 Å². The van der Waals surface area contributed by atoms with Gasteiger partial charge in [0.15, 0.2) is 0 Å². The van der Waals surface area contributed by atoms with Gasteiger partial charge in [-0.2, -0.15) is 11.8 Å². The largest absolute Gasteiger partial charge is 0.389 e. The molecule has 0 amide bonds. The summed E-state index contributed by atoms with van der Waals surface area (Å²) in [6, 6.07) is 6.68. The number of halogens is 1. The summed E-state index contributed by atoms with van der Waals surface area (Å²) in [4.78, 5) is 2.88. The van der Waals surface area contributed by atoms with Crippen LogP contribution in [0.3, 0.4) is 0 Å². The maximum absolute atomic E-state index is 5.63. The van der Waals surface area contributed by atoms with Crippen molar-refractivity contribution in [3.05, 3.63) is 28.2 Å². The molecule has 1 aliphatic rings. The molecule has 1 atom stereocenters. The van der Waals surface area contributed by atoms with Gasteiger partial charge in [-0.25, -0.2) is 0 Å². The summed E-state index contributed by atoms with van der Waals surface area (Å²) in [5.74, 6) is 2.37. The zero-order chi connectivity index (χ0) is 12.4. The van der Waals surface area contributed by atoms with Crippen LogP contribution in [-0.4, -0.2) is 29.1 Å². The molecule has 1 heterocycles. The van der Waals surface area contributed by atoms with Crippen LogP contribution in [0.15, 0.2) is 22.7 Å². The minimum absolute atomic E-state index is 0.444. The lowest BCUT2D eigenvalue weighted by atomic mass is 10.1. The molecule has 2 nitrogen and oxygen atoms in total. The summed E-state index contributed by atoms with van der Waals surface area (Å²) in [7, 11) is 0. The number of rotatable bonds is 2. The molecule has 0 radical (unpaired) electrons. The molecular formula is C12H15BrN2S2. The molecule has 0 saturated carbocycles. The molecule has 2 rings (SSSR count). The fourth-order valence-corrected chi connectivity index (χ4v) is 3.73. The van der Waals surface area contributed by atoms with Crippen molar-refractivity contribution >= 4 is 50.6 Å². The summed E-state index contributed by atoms with van der Waals surface area (Å²) in [6.45, 7) is 3.36. The standard InChI is InChI=1S/C12H15BrN2S2/c1-8-7-17-5-4-15(8)11-3-2-9(12(14)16)6-10(11)13/h2-3,6,8H,4-5,7H2,1H3,(H2,14,16). The number of nitrogens with two attached hydrogens (primary N) is 1. The van der Waals surface area contributed by atoms with Gasteiger partial charge in [0.2, 0.25) is 0 Å². The van der Waals surface area contributed by atoms with E-state index in [1.807, 2.05) is 23.9 Å². The molecule has 2 N–H and O–H groups in total. The van der Waals surface area contributed by atoms with Gasteiger partial charge >= 0.3 is 0 Å². The summed E-state index contributed by atoms with van der Waals surface area (Å²) >= 11 is 10.6. The van der Waals surface area contributed by atoms with Gasteiger partial charge in [0, 0.05) is 34.1 Å². The monoisotopic (exact) mass is 330 g/mol. The molecule has 1 aromatic carbocycles. The highest BCUT2D eigenvalue weighted by Crippen LogP contribution is 2.31. The zero-order valence-corrected chi connectivity index (χ0v) is 12.9. The van der Waals surface area contributed by atoms with Gasteiger partial charge in [0.05, 0.1) is 5.69 Å². The average Bonchev–Trinajstić information content (AvgIpc) is 2.30. The van der Waals surface area contributed by atoms with Crippen LogP contribution in [-0.2, 0) is 0 Å². The van der Waals surface area contributed by atoms with Crippen molar-refractivity contribution in [2.45, 2.75) is 13.0 Å². The van der Waals surface area contributed by atoms with Crippen LogP contribution in [0.5, 0.6) is 0 Å². The van der Waals surface area contributed by atoms with Crippen LogP contribution >= 0.6 is 39.9 Å². The first-order chi connectivity index (χ1) is 8.09. The number of benzene rings is 1. The number of thiocarbonyl (C=S) groups is 1. The van der Waals surface area contributed by atoms with Crippen LogP contribution in [0.1, 0.15) is 12.5 Å². The van der Waals surface area contributed by atoms with E-state index in [9.17, 15) is 0 Å². The van der Waals surface area contributed by atoms with Gasteiger partial charge in [-0.3, -0.25) is 0 Å². The van der Waals surface area contributed by atoms with Crippen molar-refractivity contribution in [3.8, 4) is 0 Å². The molecule has 0 aliphatic carbocycles. The lowest BCUT2D eigenvalue weighted by molar-refractivity contribution is 0.698. The number of thioether (sulfide) groups is 1. The van der Waals surface area contributed by atoms with Crippen LogP contribution in [0, 0.1) is 0 Å². The highest BCUT2D eigenvalue weighted by Gasteiger charge is 2.20. The van der Waals surface area contributed by atoms with Crippen LogP contribution in [0.2, 0.25) is 0 Å². The van der Waals surface area contributed by atoms with E-state index in [1.54, 1.807) is 0 Å². The number of hydrogen-bond acceptors (Lipinski definition) is 3. The second-order valence-electron chi connectivity index (χ2n) is 4.15. The maximum atomic E-state index is 5.63. The molecule has 17 heavy (non-hydrogen) atoms. The van der Waals surface area contributed by atoms with E-state index in [2.05, 4.69) is 33.8 Å². The Kier molecular flexibility index (Phi) is 4.33. The lowest BCUT2D eigenvalue weighted by Crippen LogP contribution is -2.40. The van der Waals surface area contributed by atoms with Crippen LogP contribution in [0.4, 0.5) is 5.69 Å². The summed E-state index contributed by atoms with van der Waals surface area (Å²) in [6.07, 6.45) is 0. The Balaban J connectivity index is 2.29. The molecule has 1 aliphatic heterocycles. The average molecular weight is 331 g/mol. The van der Waals surface area contributed by atoms with E-state index >= 15 is 0 Å². The topological polar surface area (TPSA) is 29.3 Å². The van der Waals surface area contributed by atoms with Crippen molar-refractivity contribution in [2.75, 3.05) is 23.0 Å². The van der Waals surface area contributed by atoms with Crippen LogP contribution in [0.25, 0.3) is 0 Å². The summed E-state index contributed by atoms with van der Waals surface area (Å²) in [5, 5.41) is 0. The highest BCUT2D eigenvalue weighted by atomic mass is 79.9. The molecule has 1 fully saturated rings. The third kappa shape index (κ3) is 2.95. The Morgan fingerprint density at radius 2 is 2.35 bits per heavy atom. The predicted molar refractivity (Wildman–Crippen MR) is 84.2 cm³/mol. The Labute approximate surface area is 120 Å². The fraction of sp³-hybridized carbons (Fsp3) is 0.417. The van der Waals surface area contributed by atoms with Crippen LogP contribution < -0.4 is 10.6 Å². The molecule has 0 aromatic heterocycles. The Morgan fingerprint density at radius 3 is 2.94 bits per heavy atom. The smallest absolute Gasteiger partial charge is 0.104 e.